The number of hydrogen-bond donors (Lipinski definition) is 1. The van der Waals surface area contributed by atoms with E-state index in [-0.39, 0.29) is 6.04 Å². The van der Waals surface area contributed by atoms with Crippen molar-refractivity contribution in [3.63, 3.8) is 0 Å². The Morgan fingerprint density at radius 3 is 2.33 bits per heavy atom. The lowest BCUT2D eigenvalue weighted by molar-refractivity contribution is 0.617. The van der Waals surface area contributed by atoms with Gasteiger partial charge in [-0.1, -0.05) is 49.4 Å². The van der Waals surface area contributed by atoms with E-state index >= 15 is 0 Å². The van der Waals surface area contributed by atoms with Crippen LogP contribution in [0.4, 0.5) is 0 Å². The van der Waals surface area contributed by atoms with Crippen molar-refractivity contribution in [2.45, 2.75) is 25.8 Å². The van der Waals surface area contributed by atoms with Gasteiger partial charge in [-0.25, -0.2) is 0 Å². The fourth-order valence-electron chi connectivity index (χ4n) is 1.93. The molecule has 1 heteroatoms. The van der Waals surface area contributed by atoms with Crippen LogP contribution in [0.15, 0.2) is 42.5 Å². The topological polar surface area (TPSA) is 26.0 Å². The molecule has 0 saturated heterocycles. The van der Waals surface area contributed by atoms with Crippen molar-refractivity contribution >= 4 is 10.8 Å². The summed E-state index contributed by atoms with van der Waals surface area (Å²) in [5, 5.41) is 2.62. The highest BCUT2D eigenvalue weighted by Crippen LogP contribution is 2.26. The van der Waals surface area contributed by atoms with Crippen LogP contribution in [0.1, 0.15) is 25.3 Å². The van der Waals surface area contributed by atoms with Gasteiger partial charge in [0.1, 0.15) is 0 Å². The van der Waals surface area contributed by atoms with E-state index in [4.69, 9.17) is 5.73 Å². The molecular formula is C14H17N. The SMILES string of the molecule is CC(N)C(C)c1cccc2ccccc12. The summed E-state index contributed by atoms with van der Waals surface area (Å²) in [7, 11) is 0. The van der Waals surface area contributed by atoms with Gasteiger partial charge in [0.2, 0.25) is 0 Å². The molecule has 15 heavy (non-hydrogen) atoms. The van der Waals surface area contributed by atoms with Crippen molar-refractivity contribution in [3.8, 4) is 0 Å². The molecule has 0 fully saturated rings. The Kier molecular flexibility index (Phi) is 2.74. The Labute approximate surface area is 90.9 Å². The molecule has 2 unspecified atom stereocenters. The minimum absolute atomic E-state index is 0.191. The van der Waals surface area contributed by atoms with Crippen molar-refractivity contribution in [3.05, 3.63) is 48.0 Å². The zero-order valence-corrected chi connectivity index (χ0v) is 9.27. The first-order valence-electron chi connectivity index (χ1n) is 5.43. The van der Waals surface area contributed by atoms with Crippen LogP contribution >= 0.6 is 0 Å². The van der Waals surface area contributed by atoms with Crippen molar-refractivity contribution in [2.24, 2.45) is 5.73 Å². The van der Waals surface area contributed by atoms with Crippen molar-refractivity contribution < 1.29 is 0 Å². The minimum atomic E-state index is 0.191. The van der Waals surface area contributed by atoms with Gasteiger partial charge >= 0.3 is 0 Å². The summed E-state index contributed by atoms with van der Waals surface area (Å²) >= 11 is 0. The van der Waals surface area contributed by atoms with Crippen LogP contribution in [0.2, 0.25) is 0 Å². The lowest BCUT2D eigenvalue weighted by atomic mass is 9.90. The number of rotatable bonds is 2. The zero-order valence-electron chi connectivity index (χ0n) is 9.27. The molecule has 0 bridgehead atoms. The van der Waals surface area contributed by atoms with Crippen LogP contribution in [0.25, 0.3) is 10.8 Å². The normalized spacial score (nSPS) is 15.1. The summed E-state index contributed by atoms with van der Waals surface area (Å²) in [6.45, 7) is 4.25. The molecule has 0 radical (unpaired) electrons. The van der Waals surface area contributed by atoms with Gasteiger partial charge in [-0.05, 0) is 29.2 Å². The highest BCUT2D eigenvalue weighted by Gasteiger charge is 2.12. The van der Waals surface area contributed by atoms with Crippen LogP contribution < -0.4 is 5.73 Å². The molecule has 78 valence electrons. The van der Waals surface area contributed by atoms with Gasteiger partial charge in [-0.2, -0.15) is 0 Å². The Morgan fingerprint density at radius 2 is 1.60 bits per heavy atom. The summed E-state index contributed by atoms with van der Waals surface area (Å²) in [5.74, 6) is 0.399. The Morgan fingerprint density at radius 1 is 0.933 bits per heavy atom. The van der Waals surface area contributed by atoms with Gasteiger partial charge in [-0.3, -0.25) is 0 Å². The highest BCUT2D eigenvalue weighted by molar-refractivity contribution is 5.86. The highest BCUT2D eigenvalue weighted by atomic mass is 14.6. The van der Waals surface area contributed by atoms with E-state index in [1.54, 1.807) is 0 Å². The second-order valence-electron chi connectivity index (χ2n) is 4.22. The van der Waals surface area contributed by atoms with E-state index < -0.39 is 0 Å². The van der Waals surface area contributed by atoms with E-state index in [0.717, 1.165) is 0 Å². The lowest BCUT2D eigenvalue weighted by Gasteiger charge is -2.18. The summed E-state index contributed by atoms with van der Waals surface area (Å²) < 4.78 is 0. The summed E-state index contributed by atoms with van der Waals surface area (Å²) in [5.41, 5.74) is 7.31. The molecule has 0 amide bonds. The van der Waals surface area contributed by atoms with Crippen molar-refractivity contribution in [1.29, 1.82) is 0 Å². The molecule has 0 aliphatic carbocycles. The number of hydrogen-bond acceptors (Lipinski definition) is 1. The number of nitrogens with two attached hydrogens (primary N) is 1. The van der Waals surface area contributed by atoms with Crippen molar-refractivity contribution in [1.82, 2.24) is 0 Å². The molecule has 0 aliphatic heterocycles. The maximum Gasteiger partial charge on any atom is 0.00768 e. The van der Waals surface area contributed by atoms with Gasteiger partial charge in [0.15, 0.2) is 0 Å². The van der Waals surface area contributed by atoms with Crippen LogP contribution in [-0.2, 0) is 0 Å². The molecule has 0 aromatic heterocycles. The van der Waals surface area contributed by atoms with Crippen LogP contribution in [0.3, 0.4) is 0 Å². The molecule has 2 atom stereocenters. The first kappa shape index (κ1) is 10.2. The summed E-state index contributed by atoms with van der Waals surface area (Å²) in [6.07, 6.45) is 0. The van der Waals surface area contributed by atoms with E-state index in [9.17, 15) is 0 Å². The van der Waals surface area contributed by atoms with E-state index in [2.05, 4.69) is 56.3 Å². The molecule has 0 spiro atoms. The molecule has 0 saturated carbocycles. The predicted molar refractivity (Wildman–Crippen MR) is 66.0 cm³/mol. The standard InChI is InChI=1S/C14H17N/c1-10(11(2)15)13-9-5-7-12-6-3-4-8-14(12)13/h3-11H,15H2,1-2H3. The Bertz CT molecular complexity index is 454. The van der Waals surface area contributed by atoms with Crippen LogP contribution in [0, 0.1) is 0 Å². The lowest BCUT2D eigenvalue weighted by Crippen LogP contribution is -2.22. The van der Waals surface area contributed by atoms with Crippen LogP contribution in [-0.4, -0.2) is 6.04 Å². The minimum Gasteiger partial charge on any atom is -0.327 e. The molecule has 2 aromatic rings. The molecule has 2 aromatic carbocycles. The number of fused-ring (bicyclic) bond motifs is 1. The van der Waals surface area contributed by atoms with Gasteiger partial charge in [-0.15, -0.1) is 0 Å². The average molecular weight is 199 g/mol. The summed E-state index contributed by atoms with van der Waals surface area (Å²) in [6, 6.07) is 15.1. The maximum atomic E-state index is 5.96. The van der Waals surface area contributed by atoms with Gasteiger partial charge in [0.05, 0.1) is 0 Å². The smallest absolute Gasteiger partial charge is 0.00768 e. The third kappa shape index (κ3) is 1.88. The largest absolute Gasteiger partial charge is 0.327 e. The number of benzene rings is 2. The molecule has 2 rings (SSSR count). The molecule has 0 heterocycles. The quantitative estimate of drug-likeness (QED) is 0.789. The maximum absolute atomic E-state index is 5.96. The third-order valence-electron chi connectivity index (χ3n) is 3.10. The Balaban J connectivity index is 2.60. The monoisotopic (exact) mass is 199 g/mol. The fourth-order valence-corrected chi connectivity index (χ4v) is 1.93. The fraction of sp³-hybridized carbons (Fsp3) is 0.286. The molecular weight excluding hydrogens is 182 g/mol. The second-order valence-corrected chi connectivity index (χ2v) is 4.22. The summed E-state index contributed by atoms with van der Waals surface area (Å²) in [4.78, 5) is 0. The first-order chi connectivity index (χ1) is 7.20. The first-order valence-corrected chi connectivity index (χ1v) is 5.43. The van der Waals surface area contributed by atoms with Gasteiger partial charge < -0.3 is 5.73 Å². The molecule has 2 N–H and O–H groups in total. The molecule has 1 nitrogen and oxygen atoms in total. The van der Waals surface area contributed by atoms with Gasteiger partial charge in [0.25, 0.3) is 0 Å². The second kappa shape index (κ2) is 4.03. The Hall–Kier alpha value is -1.34. The van der Waals surface area contributed by atoms with Crippen molar-refractivity contribution in [2.75, 3.05) is 0 Å². The average Bonchev–Trinajstić information content (AvgIpc) is 2.27. The third-order valence-corrected chi connectivity index (χ3v) is 3.10. The van der Waals surface area contributed by atoms with Crippen LogP contribution in [0.5, 0.6) is 0 Å². The predicted octanol–water partition coefficient (Wildman–Crippen LogP) is 3.29. The van der Waals surface area contributed by atoms with Gasteiger partial charge in [0, 0.05) is 6.04 Å². The molecule has 0 aliphatic rings. The van der Waals surface area contributed by atoms with E-state index in [1.165, 1.54) is 16.3 Å². The zero-order chi connectivity index (χ0) is 10.8. The van der Waals surface area contributed by atoms with E-state index in [0.29, 0.717) is 5.92 Å². The van der Waals surface area contributed by atoms with E-state index in [1.807, 2.05) is 0 Å².